The summed E-state index contributed by atoms with van der Waals surface area (Å²) in [5, 5.41) is 11.8. The lowest BCUT2D eigenvalue weighted by atomic mass is 10.0. The van der Waals surface area contributed by atoms with E-state index in [9.17, 15) is 9.59 Å². The SMILES string of the molecule is COc1ccc2c(c1OC)C(=O)O[C@H]2CC(=O)Nc1ccc2nn(-c3ccccc3)nc2c1. The van der Waals surface area contributed by atoms with Crippen LogP contribution in [0.1, 0.15) is 28.4 Å². The van der Waals surface area contributed by atoms with Gasteiger partial charge < -0.3 is 19.5 Å². The smallest absolute Gasteiger partial charge is 0.343 e. The number of nitrogens with one attached hydrogen (secondary N) is 1. The summed E-state index contributed by atoms with van der Waals surface area (Å²) in [7, 11) is 2.94. The number of carbonyl (C=O) groups excluding carboxylic acids is 2. The predicted molar refractivity (Wildman–Crippen MR) is 120 cm³/mol. The number of methoxy groups -OCH3 is 2. The van der Waals surface area contributed by atoms with Crippen LogP contribution in [0.2, 0.25) is 0 Å². The fourth-order valence-corrected chi connectivity index (χ4v) is 3.87. The van der Waals surface area contributed by atoms with Gasteiger partial charge in [0, 0.05) is 11.3 Å². The highest BCUT2D eigenvalue weighted by Gasteiger charge is 2.36. The number of ether oxygens (including phenoxy) is 3. The van der Waals surface area contributed by atoms with Crippen LogP contribution >= 0.6 is 0 Å². The van der Waals surface area contributed by atoms with Crippen molar-refractivity contribution in [2.45, 2.75) is 12.5 Å². The molecule has 0 radical (unpaired) electrons. The topological polar surface area (TPSA) is 105 Å². The molecule has 0 spiro atoms. The highest BCUT2D eigenvalue weighted by molar-refractivity contribution is 5.99. The Morgan fingerprint density at radius 1 is 1.03 bits per heavy atom. The third-order valence-corrected chi connectivity index (χ3v) is 5.40. The molecule has 0 fully saturated rings. The molecule has 166 valence electrons. The van der Waals surface area contributed by atoms with Crippen molar-refractivity contribution < 1.29 is 23.8 Å². The number of esters is 1. The number of aromatic nitrogens is 3. The lowest BCUT2D eigenvalue weighted by Crippen LogP contribution is -2.15. The van der Waals surface area contributed by atoms with Crippen LogP contribution in [-0.4, -0.2) is 41.1 Å². The molecule has 3 aromatic carbocycles. The average Bonchev–Trinajstić information content (AvgIpc) is 3.39. The van der Waals surface area contributed by atoms with Crippen molar-refractivity contribution in [1.82, 2.24) is 15.0 Å². The maximum absolute atomic E-state index is 12.7. The highest BCUT2D eigenvalue weighted by Crippen LogP contribution is 2.43. The summed E-state index contributed by atoms with van der Waals surface area (Å²) < 4.78 is 16.0. The number of benzene rings is 3. The first-order valence-electron chi connectivity index (χ1n) is 10.3. The summed E-state index contributed by atoms with van der Waals surface area (Å²) in [5.41, 5.74) is 3.64. The van der Waals surface area contributed by atoms with Gasteiger partial charge >= 0.3 is 5.97 Å². The van der Waals surface area contributed by atoms with Gasteiger partial charge in [-0.05, 0) is 36.4 Å². The van der Waals surface area contributed by atoms with Gasteiger partial charge in [-0.2, -0.15) is 4.80 Å². The molecule has 0 unspecified atom stereocenters. The van der Waals surface area contributed by atoms with Gasteiger partial charge in [0.25, 0.3) is 0 Å². The first-order valence-corrected chi connectivity index (χ1v) is 10.3. The third-order valence-electron chi connectivity index (χ3n) is 5.40. The number of nitrogens with zero attached hydrogens (tertiary/aromatic N) is 3. The van der Waals surface area contributed by atoms with Crippen molar-refractivity contribution in [3.05, 3.63) is 71.8 Å². The fraction of sp³-hybridized carbons (Fsp3) is 0.167. The first kappa shape index (κ1) is 20.5. The van der Waals surface area contributed by atoms with Gasteiger partial charge in [-0.25, -0.2) is 4.79 Å². The molecule has 1 N–H and O–H groups in total. The summed E-state index contributed by atoms with van der Waals surface area (Å²) in [4.78, 5) is 26.7. The van der Waals surface area contributed by atoms with Crippen LogP contribution in [0.3, 0.4) is 0 Å². The molecule has 33 heavy (non-hydrogen) atoms. The number of carbonyl (C=O) groups is 2. The fourth-order valence-electron chi connectivity index (χ4n) is 3.87. The van der Waals surface area contributed by atoms with Gasteiger partial charge in [0.15, 0.2) is 11.5 Å². The maximum Gasteiger partial charge on any atom is 0.343 e. The third kappa shape index (κ3) is 3.73. The Kier molecular flexibility index (Phi) is 5.14. The molecule has 1 atom stereocenters. The summed E-state index contributed by atoms with van der Waals surface area (Å²) >= 11 is 0. The Hall–Kier alpha value is -4.40. The Bertz CT molecular complexity index is 1370. The Morgan fingerprint density at radius 2 is 1.82 bits per heavy atom. The van der Waals surface area contributed by atoms with E-state index >= 15 is 0 Å². The molecule has 9 nitrogen and oxygen atoms in total. The molecule has 4 aromatic rings. The Balaban J connectivity index is 1.33. The van der Waals surface area contributed by atoms with Gasteiger partial charge in [0.2, 0.25) is 5.91 Å². The minimum Gasteiger partial charge on any atom is -0.493 e. The normalized spacial score (nSPS) is 14.6. The molecule has 5 rings (SSSR count). The van der Waals surface area contributed by atoms with Crippen molar-refractivity contribution in [2.24, 2.45) is 0 Å². The van der Waals surface area contributed by atoms with Gasteiger partial charge in [-0.15, -0.1) is 10.2 Å². The summed E-state index contributed by atoms with van der Waals surface area (Å²) in [6.07, 6.45) is -0.752. The van der Waals surface area contributed by atoms with Crippen molar-refractivity contribution in [2.75, 3.05) is 19.5 Å². The molecule has 9 heteroatoms. The molecule has 1 amide bonds. The van der Waals surface area contributed by atoms with Crippen LogP contribution in [0, 0.1) is 0 Å². The number of hydrogen-bond donors (Lipinski definition) is 1. The maximum atomic E-state index is 12.7. The number of amides is 1. The van der Waals surface area contributed by atoms with E-state index in [2.05, 4.69) is 15.5 Å². The largest absolute Gasteiger partial charge is 0.493 e. The van der Waals surface area contributed by atoms with Gasteiger partial charge in [0.05, 0.1) is 26.3 Å². The molecule has 1 aliphatic heterocycles. The van der Waals surface area contributed by atoms with Crippen molar-refractivity contribution >= 4 is 28.6 Å². The molecule has 1 aromatic heterocycles. The zero-order valence-electron chi connectivity index (χ0n) is 17.9. The number of para-hydroxylation sites is 1. The van der Waals surface area contributed by atoms with E-state index in [1.165, 1.54) is 14.2 Å². The summed E-state index contributed by atoms with van der Waals surface area (Å²) in [6, 6.07) is 18.3. The second kappa shape index (κ2) is 8.27. The van der Waals surface area contributed by atoms with Crippen LogP contribution in [0.25, 0.3) is 16.7 Å². The predicted octanol–water partition coefficient (Wildman–Crippen LogP) is 3.68. The van der Waals surface area contributed by atoms with E-state index in [4.69, 9.17) is 14.2 Å². The molecule has 2 heterocycles. The quantitative estimate of drug-likeness (QED) is 0.452. The number of rotatable bonds is 6. The van der Waals surface area contributed by atoms with Crippen LogP contribution in [0.15, 0.2) is 60.7 Å². The van der Waals surface area contributed by atoms with Gasteiger partial charge in [-0.3, -0.25) is 4.79 Å². The van der Waals surface area contributed by atoms with E-state index in [0.29, 0.717) is 33.8 Å². The average molecular weight is 444 g/mol. The summed E-state index contributed by atoms with van der Waals surface area (Å²) in [5.74, 6) is -0.118. The van der Waals surface area contributed by atoms with E-state index in [1.807, 2.05) is 30.3 Å². The molecular weight excluding hydrogens is 424 g/mol. The monoisotopic (exact) mass is 444 g/mol. The van der Waals surface area contributed by atoms with E-state index in [1.54, 1.807) is 35.1 Å². The van der Waals surface area contributed by atoms with Crippen LogP contribution in [-0.2, 0) is 9.53 Å². The van der Waals surface area contributed by atoms with E-state index < -0.39 is 12.1 Å². The Labute approximate surface area is 188 Å². The number of cyclic esters (lactones) is 1. The lowest BCUT2D eigenvalue weighted by Gasteiger charge is -2.12. The van der Waals surface area contributed by atoms with E-state index in [0.717, 1.165) is 5.69 Å². The van der Waals surface area contributed by atoms with Crippen molar-refractivity contribution in [3.8, 4) is 17.2 Å². The minimum absolute atomic E-state index is 0.0387. The first-order chi connectivity index (χ1) is 16.1. The van der Waals surface area contributed by atoms with Gasteiger partial charge in [-0.1, -0.05) is 24.3 Å². The van der Waals surface area contributed by atoms with Gasteiger partial charge in [0.1, 0.15) is 22.7 Å². The minimum atomic E-state index is -0.713. The number of hydrogen-bond acceptors (Lipinski definition) is 7. The molecule has 0 bridgehead atoms. The standard InChI is InChI=1S/C24H20N4O5/c1-31-19-11-9-16-20(33-24(30)22(16)23(19)32-2)13-21(29)25-14-8-10-17-18(12-14)27-28(26-17)15-6-4-3-5-7-15/h3-12,20H,13H2,1-2H3,(H,25,29)/t20-/m0/s1. The number of fused-ring (bicyclic) bond motifs is 2. The molecule has 0 saturated carbocycles. The second-order valence-electron chi connectivity index (χ2n) is 7.44. The molecule has 0 saturated heterocycles. The second-order valence-corrected chi connectivity index (χ2v) is 7.44. The number of anilines is 1. The molecular formula is C24H20N4O5. The zero-order valence-corrected chi connectivity index (χ0v) is 17.9. The van der Waals surface area contributed by atoms with Crippen LogP contribution in [0.5, 0.6) is 11.5 Å². The Morgan fingerprint density at radius 3 is 2.58 bits per heavy atom. The van der Waals surface area contributed by atoms with Crippen LogP contribution in [0.4, 0.5) is 5.69 Å². The molecule has 0 aliphatic carbocycles. The summed E-state index contributed by atoms with van der Waals surface area (Å²) in [6.45, 7) is 0. The zero-order chi connectivity index (χ0) is 22.9. The van der Waals surface area contributed by atoms with Crippen LogP contribution < -0.4 is 14.8 Å². The van der Waals surface area contributed by atoms with E-state index in [-0.39, 0.29) is 17.9 Å². The highest BCUT2D eigenvalue weighted by atomic mass is 16.6. The molecule has 1 aliphatic rings. The van der Waals surface area contributed by atoms with Crippen molar-refractivity contribution in [3.63, 3.8) is 0 Å². The lowest BCUT2D eigenvalue weighted by molar-refractivity contribution is -0.118. The van der Waals surface area contributed by atoms with Crippen molar-refractivity contribution in [1.29, 1.82) is 0 Å².